The van der Waals surface area contributed by atoms with Crippen LogP contribution in [0.2, 0.25) is 5.02 Å². The van der Waals surface area contributed by atoms with Crippen LogP contribution in [0.5, 0.6) is 5.75 Å². The monoisotopic (exact) mass is 418 g/mol. The van der Waals surface area contributed by atoms with E-state index in [0.717, 1.165) is 29.7 Å². The molecule has 0 aliphatic heterocycles. The van der Waals surface area contributed by atoms with Crippen molar-refractivity contribution < 1.29 is 19.1 Å². The number of nitriles is 1. The number of fused-ring (bicyclic) bond motifs is 1. The predicted molar refractivity (Wildman–Crippen MR) is 107 cm³/mol. The lowest BCUT2D eigenvalue weighted by Crippen LogP contribution is -2.23. The van der Waals surface area contributed by atoms with Gasteiger partial charge in [0.05, 0.1) is 5.56 Å². The predicted octanol–water partition coefficient (Wildman–Crippen LogP) is 3.96. The quantitative estimate of drug-likeness (QED) is 0.717. The number of halogens is 1. The van der Waals surface area contributed by atoms with Gasteiger partial charge in [0.2, 0.25) is 0 Å². The van der Waals surface area contributed by atoms with Gasteiger partial charge in [-0.3, -0.25) is 4.79 Å². The van der Waals surface area contributed by atoms with Gasteiger partial charge in [-0.25, -0.2) is 4.79 Å². The number of ether oxygens (including phenoxy) is 2. The Morgan fingerprint density at radius 3 is 2.96 bits per heavy atom. The summed E-state index contributed by atoms with van der Waals surface area (Å²) in [6.45, 7) is 1.40. The van der Waals surface area contributed by atoms with Crippen LogP contribution in [0.1, 0.15) is 29.3 Å². The summed E-state index contributed by atoms with van der Waals surface area (Å²) in [6, 6.07) is 8.81. The summed E-state index contributed by atoms with van der Waals surface area (Å²) in [5.41, 5.74) is 1.56. The molecule has 2 aromatic rings. The molecule has 1 aliphatic rings. The molecular weight excluding hydrogens is 400 g/mol. The molecule has 0 spiro atoms. The van der Waals surface area contributed by atoms with Gasteiger partial charge >= 0.3 is 5.97 Å². The number of carbonyl (C=O) groups is 2. The molecule has 8 heteroatoms. The SMILES string of the molecule is C[C@H]1CCc2c(sc(NC(=O)COC(=O)COc3cccc(Cl)c3)c2C#N)C1. The van der Waals surface area contributed by atoms with Crippen LogP contribution in [-0.4, -0.2) is 25.1 Å². The van der Waals surface area contributed by atoms with E-state index < -0.39 is 18.5 Å². The zero-order valence-electron chi connectivity index (χ0n) is 15.3. The highest BCUT2D eigenvalue weighted by Gasteiger charge is 2.24. The van der Waals surface area contributed by atoms with Crippen molar-refractivity contribution in [2.45, 2.75) is 26.2 Å². The first kappa shape index (κ1) is 20.2. The van der Waals surface area contributed by atoms with Gasteiger partial charge in [-0.2, -0.15) is 5.26 Å². The summed E-state index contributed by atoms with van der Waals surface area (Å²) in [6.07, 6.45) is 2.80. The van der Waals surface area contributed by atoms with Crippen LogP contribution < -0.4 is 10.1 Å². The number of anilines is 1. The summed E-state index contributed by atoms with van der Waals surface area (Å²) in [5.74, 6) is -0.151. The van der Waals surface area contributed by atoms with Crippen molar-refractivity contribution >= 4 is 39.8 Å². The molecule has 0 bridgehead atoms. The standard InChI is InChI=1S/C20H19ClN2O4S/c1-12-5-6-15-16(9-22)20(28-17(15)7-12)23-18(24)10-27-19(25)11-26-14-4-2-3-13(21)8-14/h2-4,8,12H,5-7,10-11H2,1H3,(H,23,24)/t12-/m0/s1. The smallest absolute Gasteiger partial charge is 0.344 e. The molecule has 1 heterocycles. The van der Waals surface area contributed by atoms with Crippen LogP contribution in [0.3, 0.4) is 0 Å². The fourth-order valence-corrected chi connectivity index (χ4v) is 4.56. The number of nitrogens with zero attached hydrogens (tertiary/aromatic N) is 1. The van der Waals surface area contributed by atoms with E-state index >= 15 is 0 Å². The minimum Gasteiger partial charge on any atom is -0.482 e. The summed E-state index contributed by atoms with van der Waals surface area (Å²) in [4.78, 5) is 25.0. The van der Waals surface area contributed by atoms with Gasteiger partial charge in [0.25, 0.3) is 5.91 Å². The molecule has 1 aromatic carbocycles. The molecule has 0 unspecified atom stereocenters. The highest BCUT2D eigenvalue weighted by atomic mass is 35.5. The summed E-state index contributed by atoms with van der Waals surface area (Å²) >= 11 is 7.27. The lowest BCUT2D eigenvalue weighted by atomic mass is 9.89. The molecule has 0 radical (unpaired) electrons. The molecule has 1 amide bonds. The largest absolute Gasteiger partial charge is 0.482 e. The van der Waals surface area contributed by atoms with Gasteiger partial charge in [0, 0.05) is 9.90 Å². The van der Waals surface area contributed by atoms with E-state index in [-0.39, 0.29) is 6.61 Å². The number of esters is 1. The van der Waals surface area contributed by atoms with Crippen molar-refractivity contribution in [3.8, 4) is 11.8 Å². The molecule has 6 nitrogen and oxygen atoms in total. The maximum atomic E-state index is 12.1. The Hall–Kier alpha value is -2.56. The van der Waals surface area contributed by atoms with Crippen molar-refractivity contribution in [1.82, 2.24) is 0 Å². The molecule has 0 saturated heterocycles. The van der Waals surface area contributed by atoms with Gasteiger partial charge in [-0.15, -0.1) is 11.3 Å². The second-order valence-electron chi connectivity index (χ2n) is 6.62. The average molecular weight is 419 g/mol. The molecule has 0 saturated carbocycles. The first-order valence-electron chi connectivity index (χ1n) is 8.84. The number of hydrogen-bond acceptors (Lipinski definition) is 6. The number of rotatable bonds is 6. The Morgan fingerprint density at radius 2 is 2.21 bits per heavy atom. The Bertz CT molecular complexity index is 935. The highest BCUT2D eigenvalue weighted by molar-refractivity contribution is 7.16. The van der Waals surface area contributed by atoms with E-state index in [9.17, 15) is 14.9 Å². The van der Waals surface area contributed by atoms with Crippen LogP contribution in [0.4, 0.5) is 5.00 Å². The van der Waals surface area contributed by atoms with Crippen molar-refractivity contribution in [2.24, 2.45) is 5.92 Å². The summed E-state index contributed by atoms with van der Waals surface area (Å²) < 4.78 is 10.2. The fraction of sp³-hybridized carbons (Fsp3) is 0.350. The third-order valence-electron chi connectivity index (χ3n) is 4.39. The van der Waals surface area contributed by atoms with Gasteiger partial charge in [0.1, 0.15) is 16.8 Å². The molecular formula is C20H19ClN2O4S. The van der Waals surface area contributed by atoms with E-state index in [2.05, 4.69) is 18.3 Å². The zero-order valence-corrected chi connectivity index (χ0v) is 16.9. The normalized spacial score (nSPS) is 15.2. The first-order chi connectivity index (χ1) is 13.5. The Balaban J connectivity index is 1.51. The van der Waals surface area contributed by atoms with Crippen molar-refractivity contribution in [1.29, 1.82) is 5.26 Å². The molecule has 1 aromatic heterocycles. The van der Waals surface area contributed by atoms with Crippen LogP contribution in [0.25, 0.3) is 0 Å². The molecule has 1 N–H and O–H groups in total. The van der Waals surface area contributed by atoms with Crippen LogP contribution in [0, 0.1) is 17.2 Å². The maximum Gasteiger partial charge on any atom is 0.344 e. The molecule has 0 fully saturated rings. The number of benzene rings is 1. The summed E-state index contributed by atoms with van der Waals surface area (Å²) in [7, 11) is 0. The van der Waals surface area contributed by atoms with Gasteiger partial charge in [-0.1, -0.05) is 24.6 Å². The average Bonchev–Trinajstić information content (AvgIpc) is 3.00. The van der Waals surface area contributed by atoms with Crippen LogP contribution >= 0.6 is 22.9 Å². The van der Waals surface area contributed by atoms with Crippen molar-refractivity contribution in [2.75, 3.05) is 18.5 Å². The summed E-state index contributed by atoms with van der Waals surface area (Å²) in [5, 5.41) is 13.2. The lowest BCUT2D eigenvalue weighted by Gasteiger charge is -2.17. The second-order valence-corrected chi connectivity index (χ2v) is 8.16. The number of hydrogen-bond donors (Lipinski definition) is 1. The Kier molecular flexibility index (Phi) is 6.55. The third-order valence-corrected chi connectivity index (χ3v) is 5.80. The minimum absolute atomic E-state index is 0.331. The Morgan fingerprint density at radius 1 is 1.39 bits per heavy atom. The first-order valence-corrected chi connectivity index (χ1v) is 10.0. The van der Waals surface area contributed by atoms with Gasteiger partial charge < -0.3 is 14.8 Å². The van der Waals surface area contributed by atoms with E-state index in [4.69, 9.17) is 21.1 Å². The highest BCUT2D eigenvalue weighted by Crippen LogP contribution is 2.39. The number of amides is 1. The van der Waals surface area contributed by atoms with E-state index in [1.807, 2.05) is 0 Å². The molecule has 146 valence electrons. The molecule has 28 heavy (non-hydrogen) atoms. The third kappa shape index (κ3) is 5.03. The molecule has 1 atom stereocenters. The fourth-order valence-electron chi connectivity index (χ4n) is 3.01. The van der Waals surface area contributed by atoms with E-state index in [0.29, 0.717) is 27.3 Å². The number of carbonyl (C=O) groups excluding carboxylic acids is 2. The van der Waals surface area contributed by atoms with Crippen molar-refractivity contribution in [3.05, 3.63) is 45.3 Å². The topological polar surface area (TPSA) is 88.4 Å². The Labute approximate surface area is 172 Å². The minimum atomic E-state index is -0.671. The number of nitrogens with one attached hydrogen (secondary N) is 1. The molecule has 3 rings (SSSR count). The van der Waals surface area contributed by atoms with Crippen molar-refractivity contribution in [3.63, 3.8) is 0 Å². The van der Waals surface area contributed by atoms with Gasteiger partial charge in [0.15, 0.2) is 13.2 Å². The number of thiophene rings is 1. The van der Waals surface area contributed by atoms with E-state index in [1.165, 1.54) is 11.3 Å². The maximum absolute atomic E-state index is 12.1. The van der Waals surface area contributed by atoms with E-state index in [1.54, 1.807) is 24.3 Å². The molecule has 1 aliphatic carbocycles. The van der Waals surface area contributed by atoms with Crippen LogP contribution in [0.15, 0.2) is 24.3 Å². The zero-order chi connectivity index (χ0) is 20.1. The lowest BCUT2D eigenvalue weighted by molar-refractivity contribution is -0.149. The van der Waals surface area contributed by atoms with Gasteiger partial charge in [-0.05, 0) is 48.9 Å². The van der Waals surface area contributed by atoms with Crippen LogP contribution in [-0.2, 0) is 27.2 Å². The second kappa shape index (κ2) is 9.09.